The molecule has 1 aromatic carbocycles. The van der Waals surface area contributed by atoms with Crippen molar-refractivity contribution in [2.24, 2.45) is 11.8 Å². The van der Waals surface area contributed by atoms with Gasteiger partial charge in [-0.05, 0) is 42.4 Å². The van der Waals surface area contributed by atoms with E-state index in [2.05, 4.69) is 19.2 Å². The Balaban J connectivity index is 2.71. The summed E-state index contributed by atoms with van der Waals surface area (Å²) in [6, 6.07) is 6.33. The summed E-state index contributed by atoms with van der Waals surface area (Å²) in [4.78, 5) is 22.7. The summed E-state index contributed by atoms with van der Waals surface area (Å²) in [6.45, 7) is 8.72. The number of ether oxygens (including phenoxy) is 1. The highest BCUT2D eigenvalue weighted by Crippen LogP contribution is 2.16. The van der Waals surface area contributed by atoms with Crippen LogP contribution < -0.4 is 10.1 Å². The van der Waals surface area contributed by atoms with Gasteiger partial charge >= 0.3 is 5.97 Å². The van der Waals surface area contributed by atoms with Gasteiger partial charge < -0.3 is 14.6 Å². The van der Waals surface area contributed by atoms with Gasteiger partial charge in [-0.3, -0.25) is 10.1 Å². The summed E-state index contributed by atoms with van der Waals surface area (Å²) in [5.41, 5.74) is 0.939. The molecular weight excluding hydrogens is 306 g/mol. The number of carboxylic acid groups (broad SMARTS) is 1. The molecule has 0 aliphatic rings. The zero-order valence-corrected chi connectivity index (χ0v) is 15.0. The average molecular weight is 335 g/mol. The molecule has 5 nitrogen and oxygen atoms in total. The number of nitrogens with one attached hydrogen (secondary N) is 1. The molecule has 1 aromatic rings. The predicted molar refractivity (Wildman–Crippen MR) is 94.3 cm³/mol. The highest BCUT2D eigenvalue weighted by molar-refractivity contribution is 5.74. The molecule has 0 radical (unpaired) electrons. The summed E-state index contributed by atoms with van der Waals surface area (Å²) in [5, 5.41) is 12.2. The van der Waals surface area contributed by atoms with E-state index in [9.17, 15) is 14.7 Å². The van der Waals surface area contributed by atoms with Crippen LogP contribution in [0, 0.1) is 11.8 Å². The number of rotatable bonds is 11. The van der Waals surface area contributed by atoms with Crippen LogP contribution in [0.25, 0.3) is 0 Å². The molecule has 134 valence electrons. The second kappa shape index (κ2) is 10.1. The van der Waals surface area contributed by atoms with Gasteiger partial charge in [0.15, 0.2) is 0 Å². The van der Waals surface area contributed by atoms with E-state index in [1.807, 2.05) is 38.1 Å². The Kier molecular flexibility index (Phi) is 8.47. The summed E-state index contributed by atoms with van der Waals surface area (Å²) < 4.78 is 5.69. The quantitative estimate of drug-likeness (QED) is 0.608. The number of aldehydes is 1. The van der Waals surface area contributed by atoms with Crippen LogP contribution in [0.4, 0.5) is 0 Å². The molecule has 0 unspecified atom stereocenters. The maximum atomic E-state index is 11.4. The van der Waals surface area contributed by atoms with E-state index >= 15 is 0 Å². The fourth-order valence-electron chi connectivity index (χ4n) is 2.40. The Bertz CT molecular complexity index is 528. The normalized spacial score (nSPS) is 13.8. The van der Waals surface area contributed by atoms with Crippen molar-refractivity contribution in [1.82, 2.24) is 5.32 Å². The van der Waals surface area contributed by atoms with Crippen molar-refractivity contribution in [2.75, 3.05) is 6.61 Å². The molecule has 2 atom stereocenters. The lowest BCUT2D eigenvalue weighted by molar-refractivity contribution is -0.140. The third kappa shape index (κ3) is 7.59. The smallest absolute Gasteiger partial charge is 0.320 e. The topological polar surface area (TPSA) is 75.6 Å². The molecule has 0 aromatic heterocycles. The fraction of sp³-hybridized carbons (Fsp3) is 0.579. The van der Waals surface area contributed by atoms with Gasteiger partial charge in [-0.25, -0.2) is 0 Å². The van der Waals surface area contributed by atoms with Gasteiger partial charge in [-0.1, -0.05) is 39.8 Å². The molecule has 0 aliphatic carbocycles. The zero-order chi connectivity index (χ0) is 18.1. The van der Waals surface area contributed by atoms with Crippen molar-refractivity contribution < 1.29 is 19.4 Å². The van der Waals surface area contributed by atoms with Crippen molar-refractivity contribution in [1.29, 1.82) is 0 Å². The Morgan fingerprint density at radius 1 is 1.25 bits per heavy atom. The van der Waals surface area contributed by atoms with Gasteiger partial charge in [-0.2, -0.15) is 0 Å². The largest absolute Gasteiger partial charge is 0.493 e. The van der Waals surface area contributed by atoms with Crippen LogP contribution in [-0.2, 0) is 16.0 Å². The first kappa shape index (κ1) is 20.2. The molecule has 0 saturated heterocycles. The van der Waals surface area contributed by atoms with Crippen LogP contribution in [0.15, 0.2) is 24.3 Å². The number of carbonyl (C=O) groups excluding carboxylic acids is 1. The first-order valence-corrected chi connectivity index (χ1v) is 8.47. The highest BCUT2D eigenvalue weighted by Gasteiger charge is 2.22. The number of hydrogen-bond donors (Lipinski definition) is 2. The fourth-order valence-corrected chi connectivity index (χ4v) is 2.40. The molecule has 2 N–H and O–H groups in total. The third-order valence-corrected chi connectivity index (χ3v) is 3.52. The van der Waals surface area contributed by atoms with E-state index < -0.39 is 18.1 Å². The first-order chi connectivity index (χ1) is 11.3. The number of aliphatic carboxylic acids is 1. The second-order valence-electron chi connectivity index (χ2n) is 6.99. The lowest BCUT2D eigenvalue weighted by Crippen LogP contribution is -2.45. The third-order valence-electron chi connectivity index (χ3n) is 3.52. The summed E-state index contributed by atoms with van der Waals surface area (Å²) >= 11 is 0. The highest BCUT2D eigenvalue weighted by atomic mass is 16.5. The van der Waals surface area contributed by atoms with Crippen LogP contribution in [0.1, 0.15) is 39.7 Å². The van der Waals surface area contributed by atoms with Gasteiger partial charge in [0.25, 0.3) is 0 Å². The summed E-state index contributed by atoms with van der Waals surface area (Å²) in [6.07, 6.45) is 1.69. The van der Waals surface area contributed by atoms with Gasteiger partial charge in [0.05, 0.1) is 12.6 Å². The maximum Gasteiger partial charge on any atom is 0.320 e. The Morgan fingerprint density at radius 2 is 1.96 bits per heavy atom. The molecule has 1 rings (SSSR count). The number of benzene rings is 1. The standard InChI is InChI=1S/C19H29NO4/c1-13(2)8-18(19(22)23)20-16(11-21)9-15-6-5-7-17(10-15)24-12-14(3)4/h5-7,10-11,13-14,16,18,20H,8-9,12H2,1-4H3,(H,22,23)/t16-,18-/m0/s1. The van der Waals surface area contributed by atoms with Crippen LogP contribution in [0.2, 0.25) is 0 Å². The molecule has 24 heavy (non-hydrogen) atoms. The van der Waals surface area contributed by atoms with Gasteiger partial charge in [-0.15, -0.1) is 0 Å². The minimum atomic E-state index is -0.926. The molecule has 0 fully saturated rings. The van der Waals surface area contributed by atoms with Gasteiger partial charge in [0.1, 0.15) is 18.1 Å². The van der Waals surface area contributed by atoms with E-state index in [4.69, 9.17) is 4.74 Å². The first-order valence-electron chi connectivity index (χ1n) is 8.47. The van der Waals surface area contributed by atoms with Crippen molar-refractivity contribution in [2.45, 2.75) is 52.6 Å². The van der Waals surface area contributed by atoms with Gasteiger partial charge in [0, 0.05) is 0 Å². The van der Waals surface area contributed by atoms with Crippen LogP contribution in [-0.4, -0.2) is 36.1 Å². The average Bonchev–Trinajstić information content (AvgIpc) is 2.51. The lowest BCUT2D eigenvalue weighted by atomic mass is 10.0. The molecule has 0 aliphatic heterocycles. The number of hydrogen-bond acceptors (Lipinski definition) is 4. The van der Waals surface area contributed by atoms with E-state index in [1.54, 1.807) is 0 Å². The molecule has 0 heterocycles. The van der Waals surface area contributed by atoms with Crippen molar-refractivity contribution in [3.05, 3.63) is 29.8 Å². The Hall–Kier alpha value is -1.88. The maximum absolute atomic E-state index is 11.4. The lowest BCUT2D eigenvalue weighted by Gasteiger charge is -2.21. The number of carbonyl (C=O) groups is 2. The molecule has 0 bridgehead atoms. The summed E-state index contributed by atoms with van der Waals surface area (Å²) in [5.74, 6) is 0.511. The predicted octanol–water partition coefficient (Wildman–Crippen LogP) is 2.92. The number of carboxylic acids is 1. The van der Waals surface area contributed by atoms with E-state index in [1.165, 1.54) is 0 Å². The Labute approximate surface area is 144 Å². The SMILES string of the molecule is CC(C)COc1cccc(C[C@@H](C=O)N[C@@H](CC(C)C)C(=O)O)c1. The van der Waals surface area contributed by atoms with Crippen LogP contribution in [0.3, 0.4) is 0 Å². The van der Waals surface area contributed by atoms with Gasteiger partial charge in [0.2, 0.25) is 0 Å². The molecular formula is C19H29NO4. The van der Waals surface area contributed by atoms with Crippen molar-refractivity contribution >= 4 is 12.3 Å². The van der Waals surface area contributed by atoms with Crippen LogP contribution in [0.5, 0.6) is 5.75 Å². The second-order valence-corrected chi connectivity index (χ2v) is 6.99. The summed E-state index contributed by atoms with van der Waals surface area (Å²) in [7, 11) is 0. The molecule has 0 spiro atoms. The van der Waals surface area contributed by atoms with E-state index in [-0.39, 0.29) is 5.92 Å². The van der Waals surface area contributed by atoms with Crippen LogP contribution >= 0.6 is 0 Å². The monoisotopic (exact) mass is 335 g/mol. The molecule has 5 heteroatoms. The van der Waals surface area contributed by atoms with Crippen molar-refractivity contribution in [3.8, 4) is 5.75 Å². The minimum Gasteiger partial charge on any atom is -0.493 e. The van der Waals surface area contributed by atoms with E-state index in [0.29, 0.717) is 25.4 Å². The Morgan fingerprint density at radius 3 is 2.50 bits per heavy atom. The van der Waals surface area contributed by atoms with E-state index in [0.717, 1.165) is 17.6 Å². The van der Waals surface area contributed by atoms with Crippen molar-refractivity contribution in [3.63, 3.8) is 0 Å². The zero-order valence-electron chi connectivity index (χ0n) is 15.0. The molecule has 0 amide bonds. The minimum absolute atomic E-state index is 0.235. The molecule has 0 saturated carbocycles.